The first kappa shape index (κ1) is 14.4. The molecule has 1 saturated carbocycles. The minimum absolute atomic E-state index is 0.0566. The number of hydrogen-bond acceptors (Lipinski definition) is 4. The Balaban J connectivity index is 2.09. The maximum Gasteiger partial charge on any atom is 0.272 e. The minimum Gasteiger partial charge on any atom is -0.409 e. The van der Waals surface area contributed by atoms with E-state index >= 15 is 0 Å². The van der Waals surface area contributed by atoms with Gasteiger partial charge in [0.25, 0.3) is 5.91 Å². The number of aryl methyl sites for hydroxylation is 1. The van der Waals surface area contributed by atoms with Gasteiger partial charge in [-0.1, -0.05) is 24.4 Å². The Bertz CT molecular complexity index is 491. The summed E-state index contributed by atoms with van der Waals surface area (Å²) in [6, 6.07) is -0.435. The van der Waals surface area contributed by atoms with Crippen LogP contribution < -0.4 is 11.1 Å². The molecule has 0 bridgehead atoms. The number of nitrogens with one attached hydrogen (secondary N) is 1. The summed E-state index contributed by atoms with van der Waals surface area (Å²) in [5.74, 6) is -0.0266. The van der Waals surface area contributed by atoms with Gasteiger partial charge in [-0.05, 0) is 18.8 Å². The average Bonchev–Trinajstić information content (AvgIpc) is 2.91. The van der Waals surface area contributed by atoms with E-state index in [2.05, 4.69) is 15.5 Å². The molecule has 1 unspecified atom stereocenters. The number of amides is 1. The molecule has 20 heavy (non-hydrogen) atoms. The zero-order valence-electron chi connectivity index (χ0n) is 11.6. The van der Waals surface area contributed by atoms with Gasteiger partial charge in [-0.3, -0.25) is 4.79 Å². The van der Waals surface area contributed by atoms with E-state index in [0.717, 1.165) is 25.7 Å². The standard InChI is InChI=1S/C13H21N5O2/c1-18-7-10(15-8-18)13(19)16-11(12(14)17-20)9-5-3-2-4-6-9/h7-9,11,20H,2-6H2,1H3,(H2,14,17)(H,16,19). The second-order valence-electron chi connectivity index (χ2n) is 5.30. The second kappa shape index (κ2) is 6.40. The molecule has 1 aliphatic carbocycles. The van der Waals surface area contributed by atoms with Crippen molar-refractivity contribution in [3.05, 3.63) is 18.2 Å². The fourth-order valence-corrected chi connectivity index (χ4v) is 2.71. The molecule has 4 N–H and O–H groups in total. The molecule has 1 aromatic heterocycles. The van der Waals surface area contributed by atoms with Gasteiger partial charge in [-0.25, -0.2) is 4.98 Å². The highest BCUT2D eigenvalue weighted by atomic mass is 16.4. The van der Waals surface area contributed by atoms with Gasteiger partial charge in [0.1, 0.15) is 5.69 Å². The Hall–Kier alpha value is -2.05. The van der Waals surface area contributed by atoms with Crippen LogP contribution in [0.1, 0.15) is 42.6 Å². The third-order valence-electron chi connectivity index (χ3n) is 3.78. The summed E-state index contributed by atoms with van der Waals surface area (Å²) < 4.78 is 1.70. The van der Waals surface area contributed by atoms with Crippen molar-refractivity contribution < 1.29 is 10.0 Å². The van der Waals surface area contributed by atoms with Crippen LogP contribution in [-0.4, -0.2) is 32.5 Å². The molecule has 0 aromatic carbocycles. The van der Waals surface area contributed by atoms with E-state index in [4.69, 9.17) is 10.9 Å². The van der Waals surface area contributed by atoms with E-state index < -0.39 is 6.04 Å². The number of hydrogen-bond donors (Lipinski definition) is 3. The maximum atomic E-state index is 12.2. The van der Waals surface area contributed by atoms with Gasteiger partial charge < -0.3 is 20.8 Å². The van der Waals surface area contributed by atoms with Crippen molar-refractivity contribution in [3.8, 4) is 0 Å². The van der Waals surface area contributed by atoms with Gasteiger partial charge in [-0.2, -0.15) is 0 Å². The third-order valence-corrected chi connectivity index (χ3v) is 3.78. The van der Waals surface area contributed by atoms with Crippen molar-refractivity contribution in [1.82, 2.24) is 14.9 Å². The lowest BCUT2D eigenvalue weighted by molar-refractivity contribution is 0.0926. The number of rotatable bonds is 4. The normalized spacial score (nSPS) is 18.8. The van der Waals surface area contributed by atoms with E-state index in [0.29, 0.717) is 5.69 Å². The van der Waals surface area contributed by atoms with Crippen LogP contribution in [0, 0.1) is 5.92 Å². The fraction of sp³-hybridized carbons (Fsp3) is 0.615. The summed E-state index contributed by atoms with van der Waals surface area (Å²) >= 11 is 0. The largest absolute Gasteiger partial charge is 0.409 e. The molecular weight excluding hydrogens is 258 g/mol. The number of nitrogens with two attached hydrogens (primary N) is 1. The number of carbonyl (C=O) groups is 1. The number of carbonyl (C=O) groups excluding carboxylic acids is 1. The summed E-state index contributed by atoms with van der Waals surface area (Å²) in [5.41, 5.74) is 6.07. The molecule has 7 heteroatoms. The van der Waals surface area contributed by atoms with Gasteiger partial charge in [0, 0.05) is 13.2 Å². The fourth-order valence-electron chi connectivity index (χ4n) is 2.71. The first-order valence-corrected chi connectivity index (χ1v) is 6.88. The number of amidine groups is 1. The Kier molecular flexibility index (Phi) is 4.60. The van der Waals surface area contributed by atoms with Crippen molar-refractivity contribution >= 4 is 11.7 Å². The molecule has 0 saturated heterocycles. The number of nitrogens with zero attached hydrogens (tertiary/aromatic N) is 3. The number of imidazole rings is 1. The van der Waals surface area contributed by atoms with E-state index in [9.17, 15) is 4.79 Å². The molecule has 110 valence electrons. The Morgan fingerprint density at radius 1 is 1.55 bits per heavy atom. The van der Waals surface area contributed by atoms with Gasteiger partial charge in [-0.15, -0.1) is 0 Å². The molecule has 0 aliphatic heterocycles. The minimum atomic E-state index is -0.435. The van der Waals surface area contributed by atoms with Crippen LogP contribution in [0.25, 0.3) is 0 Å². The highest BCUT2D eigenvalue weighted by Crippen LogP contribution is 2.26. The van der Waals surface area contributed by atoms with E-state index in [1.54, 1.807) is 24.1 Å². The Labute approximate surface area is 117 Å². The monoisotopic (exact) mass is 279 g/mol. The molecule has 0 spiro atoms. The summed E-state index contributed by atoms with van der Waals surface area (Å²) in [4.78, 5) is 16.2. The van der Waals surface area contributed by atoms with Gasteiger partial charge in [0.05, 0.1) is 12.4 Å². The molecule has 1 heterocycles. The number of aromatic nitrogens is 2. The lowest BCUT2D eigenvalue weighted by Gasteiger charge is -2.29. The molecule has 1 amide bonds. The van der Waals surface area contributed by atoms with Crippen molar-refractivity contribution in [2.24, 2.45) is 23.9 Å². The maximum absolute atomic E-state index is 12.2. The molecule has 7 nitrogen and oxygen atoms in total. The highest BCUT2D eigenvalue weighted by Gasteiger charge is 2.29. The van der Waals surface area contributed by atoms with Crippen LogP contribution in [0.15, 0.2) is 17.7 Å². The molecule has 1 aromatic rings. The molecule has 0 radical (unpaired) electrons. The zero-order chi connectivity index (χ0) is 14.5. The average molecular weight is 279 g/mol. The zero-order valence-corrected chi connectivity index (χ0v) is 11.6. The first-order valence-electron chi connectivity index (χ1n) is 6.88. The Morgan fingerprint density at radius 2 is 2.25 bits per heavy atom. The van der Waals surface area contributed by atoms with Gasteiger partial charge in [0.2, 0.25) is 0 Å². The number of oxime groups is 1. The van der Waals surface area contributed by atoms with Crippen molar-refractivity contribution in [2.75, 3.05) is 0 Å². The molecule has 1 aliphatic rings. The molecule has 2 rings (SSSR count). The van der Waals surface area contributed by atoms with Crippen molar-refractivity contribution in [2.45, 2.75) is 38.1 Å². The van der Waals surface area contributed by atoms with Crippen LogP contribution in [0.3, 0.4) is 0 Å². The van der Waals surface area contributed by atoms with Crippen molar-refractivity contribution in [1.29, 1.82) is 0 Å². The first-order chi connectivity index (χ1) is 9.61. The van der Waals surface area contributed by atoms with E-state index in [1.807, 2.05) is 0 Å². The predicted molar refractivity (Wildman–Crippen MR) is 74.4 cm³/mol. The Morgan fingerprint density at radius 3 is 2.80 bits per heavy atom. The third kappa shape index (κ3) is 3.28. The van der Waals surface area contributed by atoms with Crippen LogP contribution in [0.4, 0.5) is 0 Å². The lowest BCUT2D eigenvalue weighted by atomic mass is 9.83. The summed E-state index contributed by atoms with van der Waals surface area (Å²) in [5, 5.41) is 14.8. The summed E-state index contributed by atoms with van der Waals surface area (Å²) in [6.45, 7) is 0. The van der Waals surface area contributed by atoms with Crippen molar-refractivity contribution in [3.63, 3.8) is 0 Å². The smallest absolute Gasteiger partial charge is 0.272 e. The predicted octanol–water partition coefficient (Wildman–Crippen LogP) is 0.845. The molecular formula is C13H21N5O2. The van der Waals surface area contributed by atoms with Crippen LogP contribution in [0.5, 0.6) is 0 Å². The van der Waals surface area contributed by atoms with E-state index in [1.165, 1.54) is 6.42 Å². The second-order valence-corrected chi connectivity index (χ2v) is 5.30. The van der Waals surface area contributed by atoms with Crippen LogP contribution in [0.2, 0.25) is 0 Å². The highest BCUT2D eigenvalue weighted by molar-refractivity contribution is 5.96. The van der Waals surface area contributed by atoms with Crippen LogP contribution >= 0.6 is 0 Å². The van der Waals surface area contributed by atoms with E-state index in [-0.39, 0.29) is 17.7 Å². The topological polar surface area (TPSA) is 106 Å². The SMILES string of the molecule is Cn1cnc(C(=O)NC(C(N)=NO)C2CCCCC2)c1. The lowest BCUT2D eigenvalue weighted by Crippen LogP contribution is -2.49. The summed E-state index contributed by atoms with van der Waals surface area (Å²) in [6.07, 6.45) is 8.58. The quantitative estimate of drug-likeness (QED) is 0.329. The summed E-state index contributed by atoms with van der Waals surface area (Å²) in [7, 11) is 1.80. The van der Waals surface area contributed by atoms with Gasteiger partial charge in [0.15, 0.2) is 5.84 Å². The molecule has 1 atom stereocenters. The van der Waals surface area contributed by atoms with Crippen LogP contribution in [-0.2, 0) is 7.05 Å². The molecule has 1 fully saturated rings. The van der Waals surface area contributed by atoms with Gasteiger partial charge >= 0.3 is 0 Å².